The predicted octanol–water partition coefficient (Wildman–Crippen LogP) is 1.17. The van der Waals surface area contributed by atoms with E-state index in [2.05, 4.69) is 160 Å². The first-order valence-corrected chi connectivity index (χ1v) is 50.9. The first-order valence-electron chi connectivity index (χ1n) is 46.9. The highest BCUT2D eigenvalue weighted by Gasteiger charge is 2.51. The van der Waals surface area contributed by atoms with Crippen LogP contribution in [0.15, 0.2) is 94.7 Å². The Morgan fingerprint density at radius 1 is 0.698 bits per heavy atom. The van der Waals surface area contributed by atoms with E-state index in [0.717, 1.165) is 87.4 Å². The van der Waals surface area contributed by atoms with Crippen LogP contribution in [0.25, 0.3) is 27.7 Å². The average molecular weight is 1980 g/mol. The van der Waals surface area contributed by atoms with Gasteiger partial charge in [0.05, 0.1) is 153 Å². The van der Waals surface area contributed by atoms with Crippen LogP contribution in [0, 0.1) is 24.7 Å². The Bertz CT molecular complexity index is 5320. The van der Waals surface area contributed by atoms with Gasteiger partial charge in [-0.2, -0.15) is 18.3 Å². The molecule has 139 heavy (non-hydrogen) atoms. The number of aliphatic hydroxyl groups excluding tert-OH is 3. The third-order valence-electron chi connectivity index (χ3n) is 25.5. The molecule has 760 valence electrons. The molecule has 4 aliphatic heterocycles. The number of aliphatic hydroxyl groups is 4. The van der Waals surface area contributed by atoms with Crippen LogP contribution >= 0.6 is 11.8 Å². The van der Waals surface area contributed by atoms with Crippen LogP contribution in [0.5, 0.6) is 0 Å². The lowest BCUT2D eigenvalue weighted by molar-refractivity contribution is -0.462. The quantitative estimate of drug-likeness (QED) is 0.0150. The molecule has 13 atom stereocenters. The SMILES string of the molecule is Cc1nnc(-c2ccc(CO)c(C3=C4C=CC(=[N+](C)C)C=C4[Si](C)(C)c4cc(N(C)C)ccc43)c2)c2c1CC[C@H]1[C@@H](CC2)[C@H]1COC(=O)NCCOCCOCCOCCOCCOCCOCCOCCOCCC(=O)NC[C@@](C)(O)C[C@H]1NC(=O)[C@H]2Cc3c([nH]c4ccccc34)SC[C@H](NC(=O)[C@H]([C@@H](C)O)NC(=O)[C@@H](C)NC1=O)C(=O)N1C[C@@H](O)C[C@@H]1C(=O)N[C@H](C)C(=O)N2.O=C([O-])C(F)(F)F. The summed E-state index contributed by atoms with van der Waals surface area (Å²) in [4.78, 5) is 141. The number of hydrogen-bond donors (Lipinski definition) is 13. The second-order valence-corrected chi connectivity index (χ2v) is 42.0. The van der Waals surface area contributed by atoms with Crippen LogP contribution in [0.3, 0.4) is 0 Å². The zero-order valence-electron chi connectivity index (χ0n) is 80.4. The lowest BCUT2D eigenvalue weighted by Gasteiger charge is -2.38. The summed E-state index contributed by atoms with van der Waals surface area (Å²) in [6.45, 7) is 16.9. The number of ether oxygens (including phenoxy) is 9. The topological polar surface area (TPSA) is 505 Å². The molecule has 0 spiro atoms. The number of carboxylic acids is 1. The van der Waals surface area contributed by atoms with Gasteiger partial charge in [0.1, 0.15) is 70.4 Å². The second-order valence-electron chi connectivity index (χ2n) is 36.6. The Hall–Kier alpha value is -10.7. The van der Waals surface area contributed by atoms with Crippen LogP contribution in [-0.4, -0.2) is 350 Å². The molecule has 12 rings (SSSR count). The molecule has 43 heteroatoms. The molecular formula is C96H131F3N14O24SSi. The molecular weight excluding hydrogens is 1850 g/mol. The van der Waals surface area contributed by atoms with E-state index in [1.165, 1.54) is 60.3 Å². The van der Waals surface area contributed by atoms with Crippen molar-refractivity contribution in [3.63, 3.8) is 0 Å². The molecule has 9 amide bonds. The summed E-state index contributed by atoms with van der Waals surface area (Å²) < 4.78 is 84.4. The first-order chi connectivity index (χ1) is 66.2. The number of rotatable bonds is 38. The number of carbonyl (C=O) groups is 10. The Labute approximate surface area is 810 Å². The van der Waals surface area contributed by atoms with Crippen LogP contribution < -0.4 is 57.7 Å². The van der Waals surface area contributed by atoms with E-state index in [1.54, 1.807) is 24.3 Å². The van der Waals surface area contributed by atoms with Gasteiger partial charge in [0.25, 0.3) is 0 Å². The summed E-state index contributed by atoms with van der Waals surface area (Å²) in [6, 6.07) is 9.88. The number of anilines is 1. The fourth-order valence-corrected chi connectivity index (χ4v) is 22.0. The standard InChI is InChI=1S/C94H130N14O22SSi.C2HF3O2/c1-55-64-22-23-65-66(24-25-68(64)84(105-104-55)59-16-17-60(51-109)71(44-59)82-69-20-18-61(106(6)7)45-79(69)132(10,11)80-46-62(107(8)9)19-21-70(80)82)73(65)52-130-93(120)95-27-29-123-31-33-125-35-37-127-39-41-129-43-42-128-40-38-126-36-34-124-32-30-122-28-26-81(112)96-54-94(5,121)49-76-88(116)97-57(3)86(114)103-83(58(4)110)90(118)101-77-53-131-91-72(67-14-12-13-15-74(67)102-91)48-75(87(115)100-76)99-85(113)56(2)98-89(117)78-47-63(111)50-108(78)92(77)119;3-2(4,5)1(6)7/h12-21,44-46,56-58,63,65-66,73,75-78,83,102,109-111,121H,22-43,47-54H2,1-11H3,(H7-,95,96,97,98,99,100,101,103,112,113,114,115,116,117,118,120);(H,6,7)/t56-,57-,58-,63+,65+,66-,73+,75-,76-,77+,78-,83+,94+;/m1./s1. The van der Waals surface area contributed by atoms with Crippen molar-refractivity contribution >= 4 is 112 Å². The number of thioether (sulfide) groups is 1. The number of hydrogen-bond acceptors (Lipinski definition) is 28. The Morgan fingerprint density at radius 2 is 1.28 bits per heavy atom. The number of para-hydroxylation sites is 1. The van der Waals surface area contributed by atoms with E-state index in [9.17, 15) is 76.7 Å². The Balaban J connectivity index is 0.00000254. The molecule has 6 heterocycles. The van der Waals surface area contributed by atoms with Crippen LogP contribution in [0.1, 0.15) is 98.9 Å². The van der Waals surface area contributed by atoms with Crippen molar-refractivity contribution in [1.82, 2.24) is 62.6 Å². The molecule has 0 radical (unpaired) electrons. The van der Waals surface area contributed by atoms with Gasteiger partial charge in [-0.05, 0) is 163 Å². The second kappa shape index (κ2) is 50.6. The minimum absolute atomic E-state index is 0.00963. The number of alkyl halides is 3. The maximum absolute atomic E-state index is 14.9. The number of aromatic amines is 1. The number of carbonyl (C=O) groups excluding carboxylic acids is 10. The molecule has 2 bridgehead atoms. The summed E-state index contributed by atoms with van der Waals surface area (Å²) >= 11 is 1.07. The first kappa shape index (κ1) is 109. The fraction of sp³-hybridized carbons (Fsp3) is 0.573. The summed E-state index contributed by atoms with van der Waals surface area (Å²) in [6.07, 6.45) is 0.953. The third-order valence-corrected chi connectivity index (χ3v) is 30.2. The maximum Gasteiger partial charge on any atom is 0.430 e. The number of aromatic nitrogens is 3. The normalized spacial score (nSPS) is 22.9. The number of nitrogens with one attached hydrogen (secondary N) is 9. The summed E-state index contributed by atoms with van der Waals surface area (Å²) in [5, 5.41) is 87.8. The predicted molar refractivity (Wildman–Crippen MR) is 507 cm³/mol. The number of nitrogens with zero attached hydrogens (tertiary/aromatic N) is 5. The van der Waals surface area contributed by atoms with E-state index in [4.69, 9.17) is 62.7 Å². The van der Waals surface area contributed by atoms with Crippen molar-refractivity contribution in [3.8, 4) is 11.3 Å². The number of alkyl carbamates (subject to hydrolysis) is 1. The number of carboxylic acid groups (broad SMARTS) is 1. The smallest absolute Gasteiger partial charge is 0.430 e. The van der Waals surface area contributed by atoms with Gasteiger partial charge < -0.3 is 130 Å². The lowest BCUT2D eigenvalue weighted by Crippen LogP contribution is -2.62. The highest BCUT2D eigenvalue weighted by atomic mass is 32.2. The summed E-state index contributed by atoms with van der Waals surface area (Å²) in [7, 11) is 6.15. The fourth-order valence-electron chi connectivity index (χ4n) is 17.8. The molecule has 3 aliphatic carbocycles. The number of fused-ring (bicyclic) bond motifs is 9. The maximum atomic E-state index is 14.9. The van der Waals surface area contributed by atoms with E-state index in [1.807, 2.05) is 0 Å². The van der Waals surface area contributed by atoms with Gasteiger partial charge in [-0.15, -0.1) is 16.9 Å². The minimum atomic E-state index is -5.19. The minimum Gasteiger partial charge on any atom is -0.542 e. The molecule has 1 saturated carbocycles. The van der Waals surface area contributed by atoms with Gasteiger partial charge in [0.15, 0.2) is 5.71 Å². The number of H-pyrrole nitrogens is 1. The van der Waals surface area contributed by atoms with Crippen molar-refractivity contribution in [2.75, 3.05) is 171 Å². The number of allylic oxidation sites excluding steroid dienone is 5. The van der Waals surface area contributed by atoms with E-state index >= 15 is 0 Å². The molecule has 0 unspecified atom stereocenters. The highest BCUT2D eigenvalue weighted by Crippen LogP contribution is 2.54. The zero-order chi connectivity index (χ0) is 101. The molecule has 38 nitrogen and oxygen atoms in total. The average Bonchev–Trinajstić information content (AvgIpc) is 1.38. The number of benzene rings is 3. The van der Waals surface area contributed by atoms with Gasteiger partial charge >= 0.3 is 12.3 Å². The van der Waals surface area contributed by atoms with Gasteiger partial charge in [-0.3, -0.25) is 38.4 Å². The van der Waals surface area contributed by atoms with E-state index in [-0.39, 0.29) is 70.5 Å². The molecule has 2 aromatic heterocycles. The molecule has 1 saturated heterocycles. The Kier molecular flexibility index (Phi) is 39.6. The van der Waals surface area contributed by atoms with Crippen molar-refractivity contribution in [2.45, 2.75) is 177 Å². The molecule has 3 aromatic carbocycles. The molecule has 5 aromatic rings. The lowest BCUT2D eigenvalue weighted by atomic mass is 9.85. The van der Waals surface area contributed by atoms with Crippen LogP contribution in [0.2, 0.25) is 13.1 Å². The van der Waals surface area contributed by atoms with E-state index in [0.29, 0.717) is 126 Å². The highest BCUT2D eigenvalue weighted by molar-refractivity contribution is 7.99. The molecule has 2 fully saturated rings. The van der Waals surface area contributed by atoms with Crippen molar-refractivity contribution in [1.29, 1.82) is 0 Å². The third kappa shape index (κ3) is 29.7. The van der Waals surface area contributed by atoms with Gasteiger partial charge in [0, 0.05) is 99.5 Å². The summed E-state index contributed by atoms with van der Waals surface area (Å²) in [5.74, 6) is -8.88. The van der Waals surface area contributed by atoms with Gasteiger partial charge in [-0.25, -0.2) is 9.37 Å². The molecule has 7 aliphatic rings. The van der Waals surface area contributed by atoms with E-state index < -0.39 is 147 Å². The van der Waals surface area contributed by atoms with Crippen LogP contribution in [-0.2, 0) is 112 Å². The number of aliphatic carboxylic acids is 1. The monoisotopic (exact) mass is 1980 g/mol. The van der Waals surface area contributed by atoms with Crippen molar-refractivity contribution in [2.24, 2.45) is 17.8 Å². The molecule has 13 N–H and O–H groups in total. The summed E-state index contributed by atoms with van der Waals surface area (Å²) in [5.41, 5.74) is 12.2. The Morgan fingerprint density at radius 3 is 1.88 bits per heavy atom. The number of halogens is 3. The zero-order valence-corrected chi connectivity index (χ0v) is 82.2. The van der Waals surface area contributed by atoms with Gasteiger partial charge in [0.2, 0.25) is 47.3 Å². The number of amides is 9. The van der Waals surface area contributed by atoms with Crippen LogP contribution in [0.4, 0.5) is 23.7 Å². The largest absolute Gasteiger partial charge is 0.542 e. The van der Waals surface area contributed by atoms with Crippen molar-refractivity contribution < 1.29 is 134 Å². The van der Waals surface area contributed by atoms with Gasteiger partial charge in [-0.1, -0.05) is 49.5 Å². The van der Waals surface area contributed by atoms with Crippen molar-refractivity contribution in [3.05, 3.63) is 129 Å². The number of aryl methyl sites for hydroxylation is 1.